The van der Waals surface area contributed by atoms with Gasteiger partial charge in [0.2, 0.25) is 5.91 Å². The number of benzene rings is 1. The third-order valence-corrected chi connectivity index (χ3v) is 3.58. The van der Waals surface area contributed by atoms with Crippen LogP contribution in [0.3, 0.4) is 0 Å². The monoisotopic (exact) mass is 298 g/mol. The largest absolute Gasteiger partial charge is 0.396 e. The SMILES string of the molecule is Cl.O=C(CCC1CCNC1)Nc1ccc(CCO)cc1. The maximum Gasteiger partial charge on any atom is 0.224 e. The first-order chi connectivity index (χ1) is 9.28. The van der Waals surface area contributed by atoms with Gasteiger partial charge in [0.1, 0.15) is 0 Å². The van der Waals surface area contributed by atoms with Gasteiger partial charge in [-0.05, 0) is 56.0 Å². The molecule has 0 saturated carbocycles. The van der Waals surface area contributed by atoms with Gasteiger partial charge in [-0.3, -0.25) is 4.79 Å². The second kappa shape index (κ2) is 8.95. The minimum Gasteiger partial charge on any atom is -0.396 e. The average molecular weight is 299 g/mol. The van der Waals surface area contributed by atoms with Crippen molar-refractivity contribution < 1.29 is 9.90 Å². The van der Waals surface area contributed by atoms with Gasteiger partial charge in [0.25, 0.3) is 0 Å². The highest BCUT2D eigenvalue weighted by Gasteiger charge is 2.15. The average Bonchev–Trinajstić information content (AvgIpc) is 2.92. The first kappa shape index (κ1) is 17.0. The zero-order valence-electron chi connectivity index (χ0n) is 11.6. The van der Waals surface area contributed by atoms with Crippen LogP contribution in [-0.2, 0) is 11.2 Å². The fourth-order valence-corrected chi connectivity index (χ4v) is 2.40. The Kier molecular flexibility index (Phi) is 7.59. The Hall–Kier alpha value is -1.10. The molecule has 20 heavy (non-hydrogen) atoms. The van der Waals surface area contributed by atoms with E-state index in [9.17, 15) is 4.79 Å². The number of halogens is 1. The Bertz CT molecular complexity index is 403. The summed E-state index contributed by atoms with van der Waals surface area (Å²) in [4.78, 5) is 11.8. The van der Waals surface area contributed by atoms with Crippen LogP contribution in [-0.4, -0.2) is 30.7 Å². The minimum atomic E-state index is 0. The summed E-state index contributed by atoms with van der Waals surface area (Å²) in [5, 5.41) is 15.1. The van der Waals surface area contributed by atoms with E-state index in [1.807, 2.05) is 24.3 Å². The zero-order valence-corrected chi connectivity index (χ0v) is 12.4. The normalized spacial score (nSPS) is 17.6. The molecule has 1 unspecified atom stereocenters. The standard InChI is InChI=1S/C15H22N2O2.ClH/c18-10-8-12-1-4-14(5-2-12)17-15(19)6-3-13-7-9-16-11-13;/h1-2,4-5,13,16,18H,3,6-11H2,(H,17,19);1H. The molecule has 0 radical (unpaired) electrons. The van der Waals surface area contributed by atoms with Crippen molar-refractivity contribution in [2.24, 2.45) is 5.92 Å². The topological polar surface area (TPSA) is 61.4 Å². The molecule has 1 amide bonds. The van der Waals surface area contributed by atoms with Crippen LogP contribution >= 0.6 is 12.4 Å². The van der Waals surface area contributed by atoms with Crippen LogP contribution in [0.5, 0.6) is 0 Å². The Morgan fingerprint density at radius 3 is 2.70 bits per heavy atom. The summed E-state index contributed by atoms with van der Waals surface area (Å²) in [6.07, 6.45) is 3.39. The lowest BCUT2D eigenvalue weighted by molar-refractivity contribution is -0.116. The molecule has 112 valence electrons. The third-order valence-electron chi connectivity index (χ3n) is 3.58. The van der Waals surface area contributed by atoms with E-state index in [-0.39, 0.29) is 24.9 Å². The number of carbonyl (C=O) groups is 1. The number of anilines is 1. The molecule has 0 aliphatic carbocycles. The molecule has 0 bridgehead atoms. The van der Waals surface area contributed by atoms with E-state index in [1.165, 1.54) is 6.42 Å². The number of amides is 1. The van der Waals surface area contributed by atoms with Gasteiger partial charge in [-0.1, -0.05) is 12.1 Å². The van der Waals surface area contributed by atoms with Crippen molar-refractivity contribution in [2.45, 2.75) is 25.7 Å². The Labute approximate surface area is 126 Å². The summed E-state index contributed by atoms with van der Waals surface area (Å²) in [6, 6.07) is 7.65. The Morgan fingerprint density at radius 2 is 2.10 bits per heavy atom. The molecule has 1 saturated heterocycles. The van der Waals surface area contributed by atoms with Crippen molar-refractivity contribution in [1.29, 1.82) is 0 Å². The van der Waals surface area contributed by atoms with Crippen LogP contribution in [0.1, 0.15) is 24.8 Å². The number of aliphatic hydroxyl groups excluding tert-OH is 1. The summed E-state index contributed by atoms with van der Waals surface area (Å²) in [6.45, 7) is 2.28. The van der Waals surface area contributed by atoms with Gasteiger partial charge in [0, 0.05) is 18.7 Å². The lowest BCUT2D eigenvalue weighted by Crippen LogP contribution is -2.15. The summed E-state index contributed by atoms with van der Waals surface area (Å²) in [5.41, 5.74) is 1.91. The second-order valence-corrected chi connectivity index (χ2v) is 5.12. The van der Waals surface area contributed by atoms with Crippen molar-refractivity contribution in [3.8, 4) is 0 Å². The molecule has 1 aromatic rings. The molecule has 1 atom stereocenters. The van der Waals surface area contributed by atoms with E-state index < -0.39 is 0 Å². The molecule has 1 heterocycles. The molecule has 0 spiro atoms. The van der Waals surface area contributed by atoms with Crippen LogP contribution in [0.4, 0.5) is 5.69 Å². The van der Waals surface area contributed by atoms with Gasteiger partial charge in [-0.15, -0.1) is 12.4 Å². The van der Waals surface area contributed by atoms with Gasteiger partial charge in [-0.2, -0.15) is 0 Å². The van der Waals surface area contributed by atoms with Crippen molar-refractivity contribution in [1.82, 2.24) is 5.32 Å². The molecule has 1 fully saturated rings. The zero-order chi connectivity index (χ0) is 13.5. The van der Waals surface area contributed by atoms with Gasteiger partial charge in [0.15, 0.2) is 0 Å². The third kappa shape index (κ3) is 5.49. The fraction of sp³-hybridized carbons (Fsp3) is 0.533. The highest BCUT2D eigenvalue weighted by molar-refractivity contribution is 5.90. The molecular formula is C15H23ClN2O2. The molecule has 1 aliphatic rings. The van der Waals surface area contributed by atoms with E-state index in [2.05, 4.69) is 10.6 Å². The summed E-state index contributed by atoms with van der Waals surface area (Å²) in [7, 11) is 0. The molecular weight excluding hydrogens is 276 g/mol. The summed E-state index contributed by atoms with van der Waals surface area (Å²) in [5.74, 6) is 0.736. The summed E-state index contributed by atoms with van der Waals surface area (Å²) >= 11 is 0. The highest BCUT2D eigenvalue weighted by Crippen LogP contribution is 2.15. The van der Waals surface area contributed by atoms with Gasteiger partial charge >= 0.3 is 0 Å². The van der Waals surface area contributed by atoms with Crippen molar-refractivity contribution >= 4 is 24.0 Å². The molecule has 4 nitrogen and oxygen atoms in total. The number of aliphatic hydroxyl groups is 1. The quantitative estimate of drug-likeness (QED) is 0.752. The first-order valence-corrected chi connectivity index (χ1v) is 6.98. The fourth-order valence-electron chi connectivity index (χ4n) is 2.40. The number of rotatable bonds is 6. The van der Waals surface area contributed by atoms with Crippen LogP contribution in [0, 0.1) is 5.92 Å². The van der Waals surface area contributed by atoms with Crippen molar-refractivity contribution in [3.63, 3.8) is 0 Å². The van der Waals surface area contributed by atoms with E-state index in [0.29, 0.717) is 18.8 Å². The molecule has 2 rings (SSSR count). The van der Waals surface area contributed by atoms with Crippen LogP contribution in [0.25, 0.3) is 0 Å². The smallest absolute Gasteiger partial charge is 0.224 e. The number of carbonyl (C=O) groups excluding carboxylic acids is 1. The maximum absolute atomic E-state index is 11.8. The number of hydrogen-bond donors (Lipinski definition) is 3. The molecule has 3 N–H and O–H groups in total. The Morgan fingerprint density at radius 1 is 1.35 bits per heavy atom. The van der Waals surface area contributed by atoms with Gasteiger partial charge < -0.3 is 15.7 Å². The highest BCUT2D eigenvalue weighted by atomic mass is 35.5. The lowest BCUT2D eigenvalue weighted by Gasteiger charge is -2.09. The predicted octanol–water partition coefficient (Wildman–Crippen LogP) is 1.97. The Balaban J connectivity index is 0.00000200. The number of hydrogen-bond acceptors (Lipinski definition) is 3. The number of nitrogens with one attached hydrogen (secondary N) is 2. The van der Waals surface area contributed by atoms with E-state index in [4.69, 9.17) is 5.11 Å². The minimum absolute atomic E-state index is 0. The molecule has 1 aliphatic heterocycles. The van der Waals surface area contributed by atoms with Crippen molar-refractivity contribution in [3.05, 3.63) is 29.8 Å². The maximum atomic E-state index is 11.8. The van der Waals surface area contributed by atoms with E-state index in [1.54, 1.807) is 0 Å². The lowest BCUT2D eigenvalue weighted by atomic mass is 10.0. The molecule has 1 aromatic carbocycles. The molecule has 0 aromatic heterocycles. The van der Waals surface area contributed by atoms with Gasteiger partial charge in [0.05, 0.1) is 0 Å². The molecule has 5 heteroatoms. The van der Waals surface area contributed by atoms with Crippen molar-refractivity contribution in [2.75, 3.05) is 25.0 Å². The van der Waals surface area contributed by atoms with E-state index >= 15 is 0 Å². The van der Waals surface area contributed by atoms with Crippen LogP contribution < -0.4 is 10.6 Å². The first-order valence-electron chi connectivity index (χ1n) is 6.98. The van der Waals surface area contributed by atoms with Crippen LogP contribution in [0.2, 0.25) is 0 Å². The summed E-state index contributed by atoms with van der Waals surface area (Å²) < 4.78 is 0. The van der Waals surface area contributed by atoms with Gasteiger partial charge in [-0.25, -0.2) is 0 Å². The predicted molar refractivity (Wildman–Crippen MR) is 83.3 cm³/mol. The van der Waals surface area contributed by atoms with Crippen LogP contribution in [0.15, 0.2) is 24.3 Å². The second-order valence-electron chi connectivity index (χ2n) is 5.12. The van der Waals surface area contributed by atoms with E-state index in [0.717, 1.165) is 30.8 Å².